The maximum absolute atomic E-state index is 11.0. The van der Waals surface area contributed by atoms with Gasteiger partial charge in [-0.2, -0.15) is 0 Å². The molecule has 6 nitrogen and oxygen atoms in total. The number of nitrogens with one attached hydrogen (secondary N) is 2. The zero-order chi connectivity index (χ0) is 16.7. The second-order valence-corrected chi connectivity index (χ2v) is 7.67. The quantitative estimate of drug-likeness (QED) is 0.461. The summed E-state index contributed by atoms with van der Waals surface area (Å²) in [6.07, 6.45) is 3.02. The highest BCUT2D eigenvalue weighted by Crippen LogP contribution is 2.26. The molecule has 0 amide bonds. The van der Waals surface area contributed by atoms with Crippen LogP contribution in [0, 0.1) is 0 Å². The molecule has 0 saturated carbocycles. The van der Waals surface area contributed by atoms with Crippen LogP contribution in [-0.2, 0) is 10.0 Å². The third-order valence-electron chi connectivity index (χ3n) is 3.97. The van der Waals surface area contributed by atoms with Crippen LogP contribution in [0.1, 0.15) is 24.3 Å². The lowest BCUT2D eigenvalue weighted by Crippen LogP contribution is -2.41. The maximum Gasteiger partial charge on any atom is 0.208 e. The van der Waals surface area contributed by atoms with Gasteiger partial charge < -0.3 is 10.2 Å². The number of aliphatic imine (C=N–C) groups is 1. The topological polar surface area (TPSA) is 73.8 Å². The first-order chi connectivity index (χ1) is 11.0. The summed E-state index contributed by atoms with van der Waals surface area (Å²) in [5.41, 5.74) is 1.38. The van der Waals surface area contributed by atoms with Gasteiger partial charge in [0.25, 0.3) is 0 Å². The van der Waals surface area contributed by atoms with Crippen molar-refractivity contribution in [2.75, 3.05) is 39.5 Å². The molecule has 0 spiro atoms. The van der Waals surface area contributed by atoms with Crippen molar-refractivity contribution in [3.8, 4) is 0 Å². The van der Waals surface area contributed by atoms with Crippen LogP contribution in [0.3, 0.4) is 0 Å². The van der Waals surface area contributed by atoms with Gasteiger partial charge in [0.15, 0.2) is 5.96 Å². The van der Waals surface area contributed by atoms with Gasteiger partial charge in [0.1, 0.15) is 0 Å². The molecule has 1 unspecified atom stereocenters. The van der Waals surface area contributed by atoms with Gasteiger partial charge in [-0.05, 0) is 18.4 Å². The molecule has 1 aliphatic rings. The van der Waals surface area contributed by atoms with Crippen LogP contribution in [0.25, 0.3) is 0 Å². The number of guanidine groups is 1. The molecule has 0 radical (unpaired) electrons. The summed E-state index contributed by atoms with van der Waals surface area (Å²) in [4.78, 5) is 6.60. The van der Waals surface area contributed by atoms with Crippen LogP contribution in [0.15, 0.2) is 35.3 Å². The molecule has 2 N–H and O–H groups in total. The lowest BCUT2D eigenvalue weighted by Gasteiger charge is -2.21. The summed E-state index contributed by atoms with van der Waals surface area (Å²) in [6.45, 7) is 3.09. The lowest BCUT2D eigenvalue weighted by molar-refractivity contribution is 0.484. The minimum absolute atomic E-state index is 0.440. The molecule has 128 valence electrons. The van der Waals surface area contributed by atoms with Crippen molar-refractivity contribution >= 4 is 16.0 Å². The minimum Gasteiger partial charge on any atom is -0.356 e. The summed E-state index contributed by atoms with van der Waals surface area (Å²) in [5.74, 6) is 1.43. The Kier molecular flexibility index (Phi) is 6.41. The van der Waals surface area contributed by atoms with Gasteiger partial charge in [0.2, 0.25) is 10.0 Å². The molecule has 0 aromatic heterocycles. The summed E-state index contributed by atoms with van der Waals surface area (Å²) >= 11 is 0. The van der Waals surface area contributed by atoms with E-state index in [9.17, 15) is 8.42 Å². The average molecular weight is 338 g/mol. The summed E-state index contributed by atoms with van der Waals surface area (Å²) in [6, 6.07) is 10.6. The van der Waals surface area contributed by atoms with E-state index in [0.717, 1.165) is 31.9 Å². The molecule has 2 rings (SSSR count). The Labute approximate surface area is 139 Å². The molecule has 1 fully saturated rings. The number of nitrogens with zero attached hydrogens (tertiary/aromatic N) is 2. The van der Waals surface area contributed by atoms with E-state index in [1.54, 1.807) is 7.05 Å². The maximum atomic E-state index is 11.0. The van der Waals surface area contributed by atoms with E-state index in [1.165, 1.54) is 11.8 Å². The van der Waals surface area contributed by atoms with Crippen LogP contribution in [0.4, 0.5) is 0 Å². The van der Waals surface area contributed by atoms with Crippen LogP contribution < -0.4 is 10.0 Å². The molecule has 1 aromatic rings. The molecule has 1 aromatic carbocycles. The number of sulfonamides is 1. The third-order valence-corrected chi connectivity index (χ3v) is 4.70. The van der Waals surface area contributed by atoms with Gasteiger partial charge in [0.05, 0.1) is 6.26 Å². The van der Waals surface area contributed by atoms with E-state index >= 15 is 0 Å². The zero-order valence-electron chi connectivity index (χ0n) is 13.8. The largest absolute Gasteiger partial charge is 0.356 e. The fourth-order valence-corrected chi connectivity index (χ4v) is 3.34. The summed E-state index contributed by atoms with van der Waals surface area (Å²) < 4.78 is 24.5. The Hall–Kier alpha value is -1.60. The third kappa shape index (κ3) is 5.84. The van der Waals surface area contributed by atoms with Crippen LogP contribution in [0.5, 0.6) is 0 Å². The Morgan fingerprint density at radius 1 is 1.30 bits per heavy atom. The predicted molar refractivity (Wildman–Crippen MR) is 94.2 cm³/mol. The second-order valence-electron chi connectivity index (χ2n) is 5.84. The van der Waals surface area contributed by atoms with Crippen molar-refractivity contribution < 1.29 is 8.42 Å². The molecule has 1 saturated heterocycles. The summed E-state index contributed by atoms with van der Waals surface area (Å²) in [7, 11) is -1.32. The van der Waals surface area contributed by atoms with Crippen molar-refractivity contribution in [2.45, 2.75) is 18.8 Å². The predicted octanol–water partition coefficient (Wildman–Crippen LogP) is 0.991. The van der Waals surface area contributed by atoms with Gasteiger partial charge in [-0.1, -0.05) is 30.3 Å². The first-order valence-corrected chi connectivity index (χ1v) is 9.84. The van der Waals surface area contributed by atoms with Crippen molar-refractivity contribution in [3.63, 3.8) is 0 Å². The smallest absolute Gasteiger partial charge is 0.208 e. The Morgan fingerprint density at radius 3 is 2.70 bits per heavy atom. The molecule has 7 heteroatoms. The van der Waals surface area contributed by atoms with Crippen LogP contribution >= 0.6 is 0 Å². The Balaban J connectivity index is 1.77. The zero-order valence-corrected chi connectivity index (χ0v) is 14.6. The highest BCUT2D eigenvalue weighted by molar-refractivity contribution is 7.88. The normalized spacial score (nSPS) is 19.1. The van der Waals surface area contributed by atoms with E-state index in [-0.39, 0.29) is 0 Å². The van der Waals surface area contributed by atoms with Gasteiger partial charge in [-0.3, -0.25) is 4.99 Å². The number of hydrogen-bond donors (Lipinski definition) is 2. The van der Waals surface area contributed by atoms with Gasteiger partial charge in [0, 0.05) is 39.1 Å². The van der Waals surface area contributed by atoms with E-state index < -0.39 is 10.0 Å². The molecular weight excluding hydrogens is 312 g/mol. The fourth-order valence-electron chi connectivity index (χ4n) is 2.83. The van der Waals surface area contributed by atoms with Gasteiger partial charge in [-0.15, -0.1) is 0 Å². The number of likely N-dealkylation sites (tertiary alicyclic amines) is 1. The number of benzene rings is 1. The van der Waals surface area contributed by atoms with Gasteiger partial charge >= 0.3 is 0 Å². The first kappa shape index (κ1) is 17.7. The molecule has 1 heterocycles. The van der Waals surface area contributed by atoms with Crippen LogP contribution in [-0.4, -0.2) is 58.8 Å². The molecule has 1 atom stereocenters. The Morgan fingerprint density at radius 2 is 2.04 bits per heavy atom. The molecule has 0 aliphatic carbocycles. The van der Waals surface area contributed by atoms with E-state index in [1.807, 2.05) is 6.07 Å². The lowest BCUT2D eigenvalue weighted by atomic mass is 9.99. The monoisotopic (exact) mass is 338 g/mol. The van der Waals surface area contributed by atoms with E-state index in [4.69, 9.17) is 0 Å². The van der Waals surface area contributed by atoms with Gasteiger partial charge in [-0.25, -0.2) is 13.1 Å². The second kappa shape index (κ2) is 8.31. The van der Waals surface area contributed by atoms with Crippen LogP contribution in [0.2, 0.25) is 0 Å². The molecule has 0 bridgehead atoms. The average Bonchev–Trinajstić information content (AvgIpc) is 3.00. The fraction of sp³-hybridized carbons (Fsp3) is 0.562. The highest BCUT2D eigenvalue weighted by Gasteiger charge is 2.25. The number of rotatable bonds is 6. The van der Waals surface area contributed by atoms with Crippen molar-refractivity contribution in [1.29, 1.82) is 0 Å². The molecular formula is C16H26N4O2S. The minimum atomic E-state index is -3.10. The van der Waals surface area contributed by atoms with Crippen molar-refractivity contribution in [1.82, 2.24) is 14.9 Å². The van der Waals surface area contributed by atoms with Crippen molar-refractivity contribution in [2.24, 2.45) is 4.99 Å². The van der Waals surface area contributed by atoms with E-state index in [2.05, 4.69) is 44.2 Å². The highest BCUT2D eigenvalue weighted by atomic mass is 32.2. The Bertz CT molecular complexity index is 616. The first-order valence-electron chi connectivity index (χ1n) is 7.95. The molecule has 1 aliphatic heterocycles. The van der Waals surface area contributed by atoms with Crippen molar-refractivity contribution in [3.05, 3.63) is 35.9 Å². The SMILES string of the molecule is CN=C(NCCCNS(C)(=O)=O)N1CCC(c2ccccc2)C1. The standard InChI is InChI=1S/C16H26N4O2S/c1-17-16(18-10-6-11-19-23(2,21)22)20-12-9-15(13-20)14-7-4-3-5-8-14/h3-5,7-8,15,19H,6,9-13H2,1-2H3,(H,17,18). The molecule has 23 heavy (non-hydrogen) atoms. The summed E-state index contributed by atoms with van der Waals surface area (Å²) in [5, 5.41) is 3.31. The van der Waals surface area contributed by atoms with E-state index in [0.29, 0.717) is 19.0 Å². The number of hydrogen-bond acceptors (Lipinski definition) is 3.